The van der Waals surface area contributed by atoms with Crippen molar-refractivity contribution in [2.24, 2.45) is 0 Å². The molecule has 0 spiro atoms. The van der Waals surface area contributed by atoms with Crippen molar-refractivity contribution >= 4 is 5.82 Å². The van der Waals surface area contributed by atoms with Crippen LogP contribution in [0.1, 0.15) is 39.1 Å². The summed E-state index contributed by atoms with van der Waals surface area (Å²) in [7, 11) is 1.70. The summed E-state index contributed by atoms with van der Waals surface area (Å²) < 4.78 is 7.38. The van der Waals surface area contributed by atoms with Gasteiger partial charge >= 0.3 is 0 Å². The van der Waals surface area contributed by atoms with Gasteiger partial charge in [-0.3, -0.25) is 0 Å². The molecule has 0 fully saturated rings. The summed E-state index contributed by atoms with van der Waals surface area (Å²) in [6.45, 7) is 9.94. The molecule has 0 atom stereocenters. The Morgan fingerprint density at radius 2 is 1.90 bits per heavy atom. The number of nitrogen functional groups attached to an aromatic ring is 1. The van der Waals surface area contributed by atoms with Gasteiger partial charge in [-0.15, -0.1) is 0 Å². The van der Waals surface area contributed by atoms with Gasteiger partial charge in [0.05, 0.1) is 6.61 Å². The van der Waals surface area contributed by atoms with Crippen LogP contribution in [0.3, 0.4) is 0 Å². The van der Waals surface area contributed by atoms with Gasteiger partial charge in [-0.05, 0) is 12.5 Å². The summed E-state index contributed by atoms with van der Waals surface area (Å²) in [5.41, 5.74) is 9.34. The molecule has 2 rings (SSSR count). The zero-order valence-electron chi connectivity index (χ0n) is 13.6. The number of anilines is 1. The molecule has 0 saturated heterocycles. The van der Waals surface area contributed by atoms with Crippen LogP contribution in [-0.4, -0.2) is 16.7 Å². The molecule has 1 aromatic heterocycles. The van der Waals surface area contributed by atoms with Crippen molar-refractivity contribution in [2.45, 2.75) is 46.3 Å². The maximum absolute atomic E-state index is 6.37. The van der Waals surface area contributed by atoms with E-state index in [1.165, 1.54) is 0 Å². The first-order valence-electron chi connectivity index (χ1n) is 7.33. The van der Waals surface area contributed by atoms with E-state index < -0.39 is 0 Å². The minimum Gasteiger partial charge on any atom is -0.383 e. The van der Waals surface area contributed by atoms with Gasteiger partial charge < -0.3 is 15.0 Å². The van der Waals surface area contributed by atoms with Gasteiger partial charge in [-0.2, -0.15) is 0 Å². The van der Waals surface area contributed by atoms with Crippen molar-refractivity contribution in [1.82, 2.24) is 9.55 Å². The highest BCUT2D eigenvalue weighted by molar-refractivity contribution is 5.74. The molecule has 1 aromatic carbocycles. The van der Waals surface area contributed by atoms with Crippen LogP contribution >= 0.6 is 0 Å². The maximum atomic E-state index is 6.37. The molecule has 0 aliphatic heterocycles. The van der Waals surface area contributed by atoms with Gasteiger partial charge in [-0.1, -0.05) is 45.0 Å². The van der Waals surface area contributed by atoms with Gasteiger partial charge in [0.1, 0.15) is 17.3 Å². The quantitative estimate of drug-likeness (QED) is 0.935. The fourth-order valence-electron chi connectivity index (χ4n) is 2.59. The van der Waals surface area contributed by atoms with E-state index in [0.29, 0.717) is 6.61 Å². The van der Waals surface area contributed by atoms with Crippen molar-refractivity contribution in [3.63, 3.8) is 0 Å². The van der Waals surface area contributed by atoms with Gasteiger partial charge in [0.25, 0.3) is 0 Å². The highest BCUT2D eigenvalue weighted by atomic mass is 16.5. The fourth-order valence-corrected chi connectivity index (χ4v) is 2.59. The second-order valence-electron chi connectivity index (χ2n) is 6.25. The van der Waals surface area contributed by atoms with Gasteiger partial charge in [-0.25, -0.2) is 4.98 Å². The van der Waals surface area contributed by atoms with Crippen LogP contribution in [0.15, 0.2) is 24.3 Å². The van der Waals surface area contributed by atoms with Crippen molar-refractivity contribution < 1.29 is 4.74 Å². The fraction of sp³-hybridized carbons (Fsp3) is 0.471. The Labute approximate surface area is 127 Å². The van der Waals surface area contributed by atoms with Crippen LogP contribution < -0.4 is 5.73 Å². The van der Waals surface area contributed by atoms with E-state index in [1.807, 2.05) is 12.1 Å². The summed E-state index contributed by atoms with van der Waals surface area (Å²) in [5.74, 6) is 1.75. The Balaban J connectivity index is 2.63. The predicted molar refractivity (Wildman–Crippen MR) is 87.2 cm³/mol. The van der Waals surface area contributed by atoms with Gasteiger partial charge in [0.15, 0.2) is 0 Å². The van der Waals surface area contributed by atoms with E-state index in [4.69, 9.17) is 15.5 Å². The lowest BCUT2D eigenvalue weighted by Crippen LogP contribution is -2.19. The monoisotopic (exact) mass is 287 g/mol. The largest absolute Gasteiger partial charge is 0.383 e. The molecule has 114 valence electrons. The molecule has 0 radical (unpaired) electrons. The Morgan fingerprint density at radius 1 is 1.24 bits per heavy atom. The van der Waals surface area contributed by atoms with Crippen molar-refractivity contribution in [3.8, 4) is 11.3 Å². The summed E-state index contributed by atoms with van der Waals surface area (Å²) in [4.78, 5) is 4.85. The third-order valence-electron chi connectivity index (χ3n) is 3.57. The summed E-state index contributed by atoms with van der Waals surface area (Å²) >= 11 is 0. The first-order chi connectivity index (χ1) is 9.90. The van der Waals surface area contributed by atoms with E-state index in [0.717, 1.165) is 35.0 Å². The molecule has 1 heterocycles. The number of imidazole rings is 1. The van der Waals surface area contributed by atoms with Crippen LogP contribution in [0.2, 0.25) is 0 Å². The van der Waals surface area contributed by atoms with E-state index in [1.54, 1.807) is 7.11 Å². The van der Waals surface area contributed by atoms with E-state index >= 15 is 0 Å². The molecule has 4 nitrogen and oxygen atoms in total. The number of aromatic nitrogens is 2. The molecule has 0 aliphatic carbocycles. The highest BCUT2D eigenvalue weighted by Gasteiger charge is 2.25. The summed E-state index contributed by atoms with van der Waals surface area (Å²) in [5, 5.41) is 0. The van der Waals surface area contributed by atoms with Crippen LogP contribution in [0.5, 0.6) is 0 Å². The standard InChI is InChI=1S/C17H25N3O/c1-6-20-15(18)14(19-16(20)17(2,3)4)13-10-8-7-9-12(13)11-21-5/h7-10H,6,11,18H2,1-5H3. The molecule has 0 bridgehead atoms. The van der Waals surface area contributed by atoms with Crippen LogP contribution in [0, 0.1) is 0 Å². The molecule has 2 aromatic rings. The first-order valence-corrected chi connectivity index (χ1v) is 7.33. The molecule has 0 unspecified atom stereocenters. The number of rotatable bonds is 4. The lowest BCUT2D eigenvalue weighted by atomic mass is 9.95. The van der Waals surface area contributed by atoms with Crippen molar-refractivity contribution in [1.29, 1.82) is 0 Å². The number of hydrogen-bond donors (Lipinski definition) is 1. The van der Waals surface area contributed by atoms with E-state index in [-0.39, 0.29) is 5.41 Å². The Hall–Kier alpha value is -1.81. The van der Waals surface area contributed by atoms with Crippen molar-refractivity contribution in [3.05, 3.63) is 35.7 Å². The third-order valence-corrected chi connectivity index (χ3v) is 3.57. The van der Waals surface area contributed by atoms with Crippen molar-refractivity contribution in [2.75, 3.05) is 12.8 Å². The molecule has 21 heavy (non-hydrogen) atoms. The number of methoxy groups -OCH3 is 1. The molecule has 2 N–H and O–H groups in total. The van der Waals surface area contributed by atoms with Gasteiger partial charge in [0, 0.05) is 24.6 Å². The second kappa shape index (κ2) is 5.90. The summed E-state index contributed by atoms with van der Waals surface area (Å²) in [6.07, 6.45) is 0. The summed E-state index contributed by atoms with van der Waals surface area (Å²) in [6, 6.07) is 8.13. The molecular formula is C17H25N3O. The average molecular weight is 287 g/mol. The Bertz CT molecular complexity index is 623. The molecule has 0 aliphatic rings. The maximum Gasteiger partial charge on any atom is 0.131 e. The lowest BCUT2D eigenvalue weighted by molar-refractivity contribution is 0.185. The first kappa shape index (κ1) is 15.6. The number of benzene rings is 1. The molecule has 0 amide bonds. The minimum absolute atomic E-state index is 0.0431. The Morgan fingerprint density at radius 3 is 2.43 bits per heavy atom. The lowest BCUT2D eigenvalue weighted by Gasteiger charge is -2.19. The zero-order chi connectivity index (χ0) is 15.6. The normalized spacial score (nSPS) is 11.9. The van der Waals surface area contributed by atoms with E-state index in [2.05, 4.69) is 44.4 Å². The minimum atomic E-state index is -0.0431. The van der Waals surface area contributed by atoms with Gasteiger partial charge in [0.2, 0.25) is 0 Å². The topological polar surface area (TPSA) is 53.1 Å². The number of hydrogen-bond acceptors (Lipinski definition) is 3. The average Bonchev–Trinajstić information content (AvgIpc) is 2.76. The Kier molecular flexibility index (Phi) is 4.37. The number of nitrogens with two attached hydrogens (primary N) is 1. The molecular weight excluding hydrogens is 262 g/mol. The molecule has 4 heteroatoms. The van der Waals surface area contributed by atoms with E-state index in [9.17, 15) is 0 Å². The third kappa shape index (κ3) is 2.95. The second-order valence-corrected chi connectivity index (χ2v) is 6.25. The highest BCUT2D eigenvalue weighted by Crippen LogP contribution is 2.33. The zero-order valence-corrected chi connectivity index (χ0v) is 13.6. The smallest absolute Gasteiger partial charge is 0.131 e. The number of ether oxygens (including phenoxy) is 1. The predicted octanol–water partition coefficient (Wildman–Crippen LogP) is 3.60. The van der Waals surface area contributed by atoms with Crippen LogP contribution in [0.25, 0.3) is 11.3 Å². The number of nitrogens with zero attached hydrogens (tertiary/aromatic N) is 2. The van der Waals surface area contributed by atoms with Crippen LogP contribution in [0.4, 0.5) is 5.82 Å². The SMILES string of the molecule is CCn1c(C(C)(C)C)nc(-c2ccccc2COC)c1N. The van der Waals surface area contributed by atoms with Crippen LogP contribution in [-0.2, 0) is 23.3 Å². The molecule has 0 saturated carbocycles.